The van der Waals surface area contributed by atoms with E-state index in [1.807, 2.05) is 6.07 Å². The number of hydrogen-bond donors (Lipinski definition) is 1. The van der Waals surface area contributed by atoms with E-state index in [1.165, 1.54) is 22.1 Å². The summed E-state index contributed by atoms with van der Waals surface area (Å²) in [5.41, 5.74) is 5.79. The van der Waals surface area contributed by atoms with Crippen molar-refractivity contribution in [3.8, 4) is 11.6 Å². The van der Waals surface area contributed by atoms with Crippen LogP contribution in [-0.2, 0) is 18.7 Å². The Morgan fingerprint density at radius 1 is 1.21 bits per heavy atom. The number of anilines is 2. The molecule has 3 heterocycles. The zero-order valence-electron chi connectivity index (χ0n) is 18.9. The van der Waals surface area contributed by atoms with E-state index in [0.29, 0.717) is 16.8 Å². The Kier molecular flexibility index (Phi) is 6.19. The van der Waals surface area contributed by atoms with Gasteiger partial charge in [-0.25, -0.2) is 4.98 Å². The molecule has 2 aromatic carbocycles. The number of ether oxygens (including phenoxy) is 1. The number of aromatic nitrogens is 3. The van der Waals surface area contributed by atoms with E-state index < -0.39 is 0 Å². The number of para-hydroxylation sites is 1. The molecule has 6 nitrogen and oxygen atoms in total. The number of hydrogen-bond acceptors (Lipinski definition) is 6. The molecule has 0 aliphatic carbocycles. The highest BCUT2D eigenvalue weighted by Gasteiger charge is 2.18. The largest absolute Gasteiger partial charge is 0.495 e. The van der Waals surface area contributed by atoms with Crippen LogP contribution in [0.1, 0.15) is 16.7 Å². The van der Waals surface area contributed by atoms with Gasteiger partial charge in [0.25, 0.3) is 0 Å². The maximum atomic E-state index is 6.58. The Hall–Kier alpha value is -2.74. The zero-order chi connectivity index (χ0) is 22.9. The van der Waals surface area contributed by atoms with Gasteiger partial charge in [0.1, 0.15) is 10.8 Å². The smallest absolute Gasteiger partial charge is 0.229 e. The lowest BCUT2D eigenvalue weighted by Gasteiger charge is -2.26. The molecule has 1 N–H and O–H groups in total. The maximum Gasteiger partial charge on any atom is 0.229 e. The van der Waals surface area contributed by atoms with Crippen molar-refractivity contribution in [3.05, 3.63) is 70.5 Å². The SMILES string of the molecule is COc1cc2c(cc1Nc1ncc(Cl)c(-n3cc(CSC)c4ccccc43)n1)CN(C)CC2. The topological polar surface area (TPSA) is 55.2 Å². The molecule has 1 aliphatic heterocycles. The summed E-state index contributed by atoms with van der Waals surface area (Å²) in [6.07, 6.45) is 6.89. The number of thioether (sulfide) groups is 1. The van der Waals surface area contributed by atoms with Crippen LogP contribution in [0.2, 0.25) is 5.02 Å². The minimum absolute atomic E-state index is 0.473. The van der Waals surface area contributed by atoms with Crippen molar-refractivity contribution in [1.29, 1.82) is 0 Å². The molecule has 4 aromatic rings. The fourth-order valence-electron chi connectivity index (χ4n) is 4.40. The fraction of sp³-hybridized carbons (Fsp3) is 0.280. The first-order chi connectivity index (χ1) is 16.1. The Morgan fingerprint density at radius 3 is 2.88 bits per heavy atom. The van der Waals surface area contributed by atoms with Gasteiger partial charge in [0, 0.05) is 30.4 Å². The molecule has 170 valence electrons. The van der Waals surface area contributed by atoms with Crippen LogP contribution >= 0.6 is 23.4 Å². The second-order valence-corrected chi connectivity index (χ2v) is 9.55. The summed E-state index contributed by atoms with van der Waals surface area (Å²) in [7, 11) is 3.83. The lowest BCUT2D eigenvalue weighted by atomic mass is 9.99. The number of nitrogens with one attached hydrogen (secondary N) is 1. The van der Waals surface area contributed by atoms with E-state index in [0.717, 1.165) is 42.2 Å². The average Bonchev–Trinajstić information content (AvgIpc) is 3.18. The van der Waals surface area contributed by atoms with Crippen LogP contribution in [0.25, 0.3) is 16.7 Å². The van der Waals surface area contributed by atoms with E-state index in [9.17, 15) is 0 Å². The molecule has 2 aromatic heterocycles. The van der Waals surface area contributed by atoms with Crippen molar-refractivity contribution in [2.24, 2.45) is 0 Å². The molecule has 0 unspecified atom stereocenters. The molecule has 0 atom stereocenters. The molecule has 0 saturated carbocycles. The molecule has 0 fully saturated rings. The van der Waals surface area contributed by atoms with Gasteiger partial charge in [0.2, 0.25) is 5.95 Å². The zero-order valence-corrected chi connectivity index (χ0v) is 20.5. The molecule has 0 bridgehead atoms. The third kappa shape index (κ3) is 4.28. The molecular formula is C25H26ClN5OS. The Bertz CT molecular complexity index is 1320. The number of nitrogens with zero attached hydrogens (tertiary/aromatic N) is 4. The highest BCUT2D eigenvalue weighted by atomic mass is 35.5. The molecule has 33 heavy (non-hydrogen) atoms. The summed E-state index contributed by atoms with van der Waals surface area (Å²) in [4.78, 5) is 11.6. The first-order valence-electron chi connectivity index (χ1n) is 10.8. The molecule has 8 heteroatoms. The minimum atomic E-state index is 0.473. The van der Waals surface area contributed by atoms with Gasteiger partial charge in [0.15, 0.2) is 5.82 Å². The van der Waals surface area contributed by atoms with Crippen molar-refractivity contribution in [1.82, 2.24) is 19.4 Å². The third-order valence-electron chi connectivity index (χ3n) is 6.02. The lowest BCUT2D eigenvalue weighted by molar-refractivity contribution is 0.312. The van der Waals surface area contributed by atoms with Crippen molar-refractivity contribution in [3.63, 3.8) is 0 Å². The molecule has 0 spiro atoms. The van der Waals surface area contributed by atoms with E-state index in [2.05, 4.69) is 69.6 Å². The van der Waals surface area contributed by atoms with E-state index in [1.54, 1.807) is 25.1 Å². The Morgan fingerprint density at radius 2 is 2.06 bits per heavy atom. The molecule has 0 radical (unpaired) electrons. The summed E-state index contributed by atoms with van der Waals surface area (Å²) in [6.45, 7) is 1.96. The van der Waals surface area contributed by atoms with Crippen LogP contribution in [-0.4, -0.2) is 46.4 Å². The number of fused-ring (bicyclic) bond motifs is 2. The number of likely N-dealkylation sites (N-methyl/N-ethyl adjacent to an activating group) is 1. The highest BCUT2D eigenvalue weighted by Crippen LogP contribution is 2.34. The van der Waals surface area contributed by atoms with Crippen LogP contribution < -0.4 is 10.1 Å². The van der Waals surface area contributed by atoms with Crippen LogP contribution in [0, 0.1) is 0 Å². The van der Waals surface area contributed by atoms with Gasteiger partial charge in [-0.05, 0) is 54.6 Å². The van der Waals surface area contributed by atoms with Crippen molar-refractivity contribution in [2.75, 3.05) is 32.3 Å². The predicted molar refractivity (Wildman–Crippen MR) is 137 cm³/mol. The summed E-state index contributed by atoms with van der Waals surface area (Å²) < 4.78 is 7.72. The third-order valence-corrected chi connectivity index (χ3v) is 6.89. The van der Waals surface area contributed by atoms with Crippen LogP contribution in [0.3, 0.4) is 0 Å². The highest BCUT2D eigenvalue weighted by molar-refractivity contribution is 7.97. The number of halogens is 1. The van der Waals surface area contributed by atoms with Gasteiger partial charge in [-0.3, -0.25) is 4.57 Å². The van der Waals surface area contributed by atoms with Crippen molar-refractivity contribution >= 4 is 45.9 Å². The quantitative estimate of drug-likeness (QED) is 0.384. The Labute approximate surface area is 202 Å². The van der Waals surface area contributed by atoms with Crippen molar-refractivity contribution < 1.29 is 4.74 Å². The summed E-state index contributed by atoms with van der Waals surface area (Å²) >= 11 is 8.37. The van der Waals surface area contributed by atoms with E-state index in [4.69, 9.17) is 21.3 Å². The summed E-state index contributed by atoms with van der Waals surface area (Å²) in [5, 5.41) is 5.07. The number of methoxy groups -OCH3 is 1. The maximum absolute atomic E-state index is 6.58. The first-order valence-corrected chi connectivity index (χ1v) is 12.6. The normalized spacial score (nSPS) is 13.8. The average molecular weight is 480 g/mol. The fourth-order valence-corrected chi connectivity index (χ4v) is 5.12. The van der Waals surface area contributed by atoms with Crippen LogP contribution in [0.15, 0.2) is 48.8 Å². The molecular weight excluding hydrogens is 454 g/mol. The van der Waals surface area contributed by atoms with E-state index in [-0.39, 0.29) is 0 Å². The molecule has 0 saturated heterocycles. The van der Waals surface area contributed by atoms with Gasteiger partial charge in [-0.1, -0.05) is 29.8 Å². The summed E-state index contributed by atoms with van der Waals surface area (Å²) in [6, 6.07) is 12.6. The van der Waals surface area contributed by atoms with Gasteiger partial charge >= 0.3 is 0 Å². The Balaban J connectivity index is 1.55. The van der Waals surface area contributed by atoms with Crippen molar-refractivity contribution in [2.45, 2.75) is 18.7 Å². The summed E-state index contributed by atoms with van der Waals surface area (Å²) in [5.74, 6) is 2.82. The van der Waals surface area contributed by atoms with Crippen LogP contribution in [0.4, 0.5) is 11.6 Å². The number of benzene rings is 2. The monoisotopic (exact) mass is 479 g/mol. The van der Waals surface area contributed by atoms with Crippen LogP contribution in [0.5, 0.6) is 5.75 Å². The van der Waals surface area contributed by atoms with Gasteiger partial charge in [-0.15, -0.1) is 0 Å². The first kappa shape index (κ1) is 22.1. The van der Waals surface area contributed by atoms with Gasteiger partial charge in [0.05, 0.1) is 24.5 Å². The lowest BCUT2D eigenvalue weighted by Crippen LogP contribution is -2.26. The molecule has 1 aliphatic rings. The molecule has 5 rings (SSSR count). The predicted octanol–water partition coefficient (Wildman–Crippen LogP) is 5.68. The molecule has 0 amide bonds. The second-order valence-electron chi connectivity index (χ2n) is 8.27. The minimum Gasteiger partial charge on any atom is -0.495 e. The van der Waals surface area contributed by atoms with E-state index >= 15 is 0 Å². The number of rotatable bonds is 6. The standard InChI is InChI=1S/C25H26ClN5OS/c1-30-9-8-16-11-23(32-2)21(10-17(16)13-30)28-25-27-12-20(26)24(29-25)31-14-18(15-33-3)19-6-4-5-7-22(19)31/h4-7,10-12,14H,8-9,13,15H2,1-3H3,(H,27,28,29). The van der Waals surface area contributed by atoms with Gasteiger partial charge < -0.3 is 15.0 Å². The van der Waals surface area contributed by atoms with Gasteiger partial charge in [-0.2, -0.15) is 16.7 Å². The second kappa shape index (κ2) is 9.25.